The summed E-state index contributed by atoms with van der Waals surface area (Å²) in [6.45, 7) is 10.6. The lowest BCUT2D eigenvalue weighted by Crippen LogP contribution is -2.14. The second kappa shape index (κ2) is 12.7. The third-order valence-electron chi connectivity index (χ3n) is 5.87. The number of unbranched alkanes of at least 4 members (excludes halogenated alkanes) is 2. The Morgan fingerprint density at radius 2 is 1.32 bits per heavy atom. The van der Waals surface area contributed by atoms with Crippen LogP contribution in [-0.4, -0.2) is 13.2 Å². The van der Waals surface area contributed by atoms with Crippen molar-refractivity contribution in [3.8, 4) is 11.5 Å². The highest BCUT2D eigenvalue weighted by Crippen LogP contribution is 2.37. The van der Waals surface area contributed by atoms with Gasteiger partial charge in [-0.05, 0) is 36.1 Å². The molecule has 0 radical (unpaired) electrons. The minimum atomic E-state index is 0.611. The molecular weight excluding hydrogens is 344 g/mol. The normalized spacial score (nSPS) is 13.4. The lowest BCUT2D eigenvalue weighted by Gasteiger charge is -2.21. The maximum Gasteiger partial charge on any atom is 0.168 e. The molecule has 0 amide bonds. The van der Waals surface area contributed by atoms with Gasteiger partial charge in [0.15, 0.2) is 11.5 Å². The SMILES string of the molecule is CCCCC(CC)COc1ccc2ccccc2c1OCC(CC)CCCC. The van der Waals surface area contributed by atoms with Gasteiger partial charge < -0.3 is 9.47 Å². The summed E-state index contributed by atoms with van der Waals surface area (Å²) in [5.41, 5.74) is 0. The minimum Gasteiger partial charge on any atom is -0.489 e. The summed E-state index contributed by atoms with van der Waals surface area (Å²) in [7, 11) is 0. The van der Waals surface area contributed by atoms with Gasteiger partial charge in [0.2, 0.25) is 0 Å². The van der Waals surface area contributed by atoms with E-state index >= 15 is 0 Å². The van der Waals surface area contributed by atoms with Gasteiger partial charge in [0.05, 0.1) is 13.2 Å². The van der Waals surface area contributed by atoms with Crippen LogP contribution in [0.4, 0.5) is 0 Å². The molecule has 28 heavy (non-hydrogen) atoms. The van der Waals surface area contributed by atoms with Gasteiger partial charge >= 0.3 is 0 Å². The van der Waals surface area contributed by atoms with E-state index in [1.807, 2.05) is 0 Å². The highest BCUT2D eigenvalue weighted by Gasteiger charge is 2.15. The molecule has 0 aliphatic heterocycles. The molecule has 2 heteroatoms. The second-order valence-corrected chi connectivity index (χ2v) is 8.07. The first-order valence-electron chi connectivity index (χ1n) is 11.5. The van der Waals surface area contributed by atoms with Crippen LogP contribution in [-0.2, 0) is 0 Å². The zero-order chi connectivity index (χ0) is 20.2. The lowest BCUT2D eigenvalue weighted by atomic mass is 10.0. The zero-order valence-corrected chi connectivity index (χ0v) is 18.5. The molecule has 0 N–H and O–H groups in total. The Labute approximate surface area is 172 Å². The summed E-state index contributed by atoms with van der Waals surface area (Å²) in [5, 5.41) is 2.37. The van der Waals surface area contributed by atoms with E-state index in [1.54, 1.807) is 0 Å². The molecule has 2 nitrogen and oxygen atoms in total. The van der Waals surface area contributed by atoms with Gasteiger partial charge in [-0.15, -0.1) is 0 Å². The highest BCUT2D eigenvalue weighted by molar-refractivity contribution is 5.90. The Balaban J connectivity index is 2.16. The monoisotopic (exact) mass is 384 g/mol. The van der Waals surface area contributed by atoms with Gasteiger partial charge in [-0.3, -0.25) is 0 Å². The molecule has 0 heterocycles. The highest BCUT2D eigenvalue weighted by atomic mass is 16.5. The Morgan fingerprint density at radius 1 is 0.714 bits per heavy atom. The van der Waals surface area contributed by atoms with Crippen LogP contribution in [0.5, 0.6) is 11.5 Å². The molecule has 2 atom stereocenters. The van der Waals surface area contributed by atoms with Crippen molar-refractivity contribution in [3.63, 3.8) is 0 Å². The van der Waals surface area contributed by atoms with Crippen LogP contribution in [0, 0.1) is 11.8 Å². The first-order chi connectivity index (χ1) is 13.7. The standard InChI is InChI=1S/C26H40O2/c1-5-9-13-21(7-3)19-27-25-18-17-23-15-11-12-16-24(23)26(25)28-20-22(8-4)14-10-6-2/h11-12,15-18,21-22H,5-10,13-14,19-20H2,1-4H3. The van der Waals surface area contributed by atoms with Gasteiger partial charge in [-0.25, -0.2) is 0 Å². The van der Waals surface area contributed by atoms with E-state index in [-0.39, 0.29) is 0 Å². The van der Waals surface area contributed by atoms with Gasteiger partial charge in [-0.1, -0.05) is 96.6 Å². The van der Waals surface area contributed by atoms with Gasteiger partial charge in [0, 0.05) is 5.39 Å². The number of ether oxygens (including phenoxy) is 2. The number of benzene rings is 2. The molecule has 2 rings (SSSR count). The van der Waals surface area contributed by atoms with Gasteiger partial charge in [0.25, 0.3) is 0 Å². The number of rotatable bonds is 14. The molecule has 0 aromatic heterocycles. The first-order valence-corrected chi connectivity index (χ1v) is 11.5. The van der Waals surface area contributed by atoms with Crippen LogP contribution < -0.4 is 9.47 Å². The van der Waals surface area contributed by atoms with Gasteiger partial charge in [-0.2, -0.15) is 0 Å². The fourth-order valence-electron chi connectivity index (χ4n) is 3.69. The predicted octanol–water partition coefficient (Wildman–Crippen LogP) is 8.03. The molecule has 2 aromatic rings. The average molecular weight is 385 g/mol. The smallest absolute Gasteiger partial charge is 0.168 e. The van der Waals surface area contributed by atoms with Crippen molar-refractivity contribution in [1.82, 2.24) is 0 Å². The predicted molar refractivity (Wildman–Crippen MR) is 122 cm³/mol. The summed E-state index contributed by atoms with van der Waals surface area (Å²) in [5.74, 6) is 3.06. The van der Waals surface area contributed by atoms with Crippen molar-refractivity contribution in [2.45, 2.75) is 79.1 Å². The average Bonchev–Trinajstić information content (AvgIpc) is 2.74. The van der Waals surface area contributed by atoms with E-state index < -0.39 is 0 Å². The first kappa shape index (κ1) is 22.6. The summed E-state index contributed by atoms with van der Waals surface area (Å²) in [6.07, 6.45) is 9.85. The van der Waals surface area contributed by atoms with E-state index in [0.717, 1.165) is 36.5 Å². The number of hydrogen-bond acceptors (Lipinski definition) is 2. The Kier molecular flexibility index (Phi) is 10.2. The van der Waals surface area contributed by atoms with Crippen LogP contribution in [0.25, 0.3) is 10.8 Å². The molecule has 0 bridgehead atoms. The molecule has 2 unspecified atom stereocenters. The molecule has 0 aliphatic rings. The van der Waals surface area contributed by atoms with Crippen molar-refractivity contribution >= 4 is 10.8 Å². The molecule has 0 fully saturated rings. The van der Waals surface area contributed by atoms with Crippen LogP contribution in [0.2, 0.25) is 0 Å². The molecule has 2 aromatic carbocycles. The summed E-state index contributed by atoms with van der Waals surface area (Å²) in [6, 6.07) is 12.7. The molecule has 156 valence electrons. The van der Waals surface area contributed by atoms with Crippen LogP contribution in [0.15, 0.2) is 36.4 Å². The molecule has 0 aliphatic carbocycles. The molecule has 0 saturated heterocycles. The Hall–Kier alpha value is -1.70. The molecule has 0 saturated carbocycles. The van der Waals surface area contributed by atoms with Crippen molar-refractivity contribution < 1.29 is 9.47 Å². The van der Waals surface area contributed by atoms with E-state index in [0.29, 0.717) is 11.8 Å². The Morgan fingerprint density at radius 3 is 1.93 bits per heavy atom. The van der Waals surface area contributed by atoms with Crippen molar-refractivity contribution in [3.05, 3.63) is 36.4 Å². The third kappa shape index (κ3) is 6.72. The number of hydrogen-bond donors (Lipinski definition) is 0. The minimum absolute atomic E-state index is 0.611. The van der Waals surface area contributed by atoms with Crippen LogP contribution in [0.3, 0.4) is 0 Å². The van der Waals surface area contributed by atoms with Crippen LogP contribution >= 0.6 is 0 Å². The molecular formula is C26H40O2. The summed E-state index contributed by atoms with van der Waals surface area (Å²) >= 11 is 0. The Bertz CT molecular complexity index is 679. The van der Waals surface area contributed by atoms with Gasteiger partial charge in [0.1, 0.15) is 0 Å². The third-order valence-corrected chi connectivity index (χ3v) is 5.87. The maximum absolute atomic E-state index is 6.42. The van der Waals surface area contributed by atoms with Crippen molar-refractivity contribution in [2.75, 3.05) is 13.2 Å². The molecule has 0 spiro atoms. The quantitative estimate of drug-likeness (QED) is 0.328. The number of fused-ring (bicyclic) bond motifs is 1. The van der Waals surface area contributed by atoms with E-state index in [1.165, 1.54) is 50.3 Å². The maximum atomic E-state index is 6.42. The topological polar surface area (TPSA) is 18.5 Å². The van der Waals surface area contributed by atoms with E-state index in [9.17, 15) is 0 Å². The zero-order valence-electron chi connectivity index (χ0n) is 18.5. The second-order valence-electron chi connectivity index (χ2n) is 8.07. The van der Waals surface area contributed by atoms with E-state index in [2.05, 4.69) is 64.1 Å². The summed E-state index contributed by atoms with van der Waals surface area (Å²) in [4.78, 5) is 0. The van der Waals surface area contributed by atoms with Crippen LogP contribution in [0.1, 0.15) is 79.1 Å². The fourth-order valence-corrected chi connectivity index (χ4v) is 3.69. The van der Waals surface area contributed by atoms with Crippen molar-refractivity contribution in [2.24, 2.45) is 11.8 Å². The summed E-state index contributed by atoms with van der Waals surface area (Å²) < 4.78 is 12.7. The van der Waals surface area contributed by atoms with Crippen molar-refractivity contribution in [1.29, 1.82) is 0 Å². The van der Waals surface area contributed by atoms with E-state index in [4.69, 9.17) is 9.47 Å². The fraction of sp³-hybridized carbons (Fsp3) is 0.615. The largest absolute Gasteiger partial charge is 0.489 e. The lowest BCUT2D eigenvalue weighted by molar-refractivity contribution is 0.201.